The Morgan fingerprint density at radius 1 is 1.18 bits per heavy atom. The highest BCUT2D eigenvalue weighted by atomic mass is 16.3. The molecule has 1 aromatic rings. The van der Waals surface area contributed by atoms with Crippen LogP contribution in [0.15, 0.2) is 24.3 Å². The average Bonchev–Trinajstić information content (AvgIpc) is 2.40. The summed E-state index contributed by atoms with van der Waals surface area (Å²) in [6, 6.07) is 7.77. The van der Waals surface area contributed by atoms with E-state index in [0.717, 1.165) is 18.8 Å². The zero-order chi connectivity index (χ0) is 12.1. The SMILES string of the molecule is O=C(CO)Nc1ccc(N2CCCCC2)cc1. The lowest BCUT2D eigenvalue weighted by Crippen LogP contribution is -2.29. The summed E-state index contributed by atoms with van der Waals surface area (Å²) in [5.41, 5.74) is 1.93. The van der Waals surface area contributed by atoms with Gasteiger partial charge in [-0.2, -0.15) is 0 Å². The third kappa shape index (κ3) is 3.20. The molecular weight excluding hydrogens is 216 g/mol. The summed E-state index contributed by atoms with van der Waals surface area (Å²) in [5.74, 6) is -0.379. The van der Waals surface area contributed by atoms with Gasteiger partial charge in [0.1, 0.15) is 6.61 Å². The number of amides is 1. The van der Waals surface area contributed by atoms with Gasteiger partial charge in [0.05, 0.1) is 0 Å². The van der Waals surface area contributed by atoms with Gasteiger partial charge in [-0.15, -0.1) is 0 Å². The predicted octanol–water partition coefficient (Wildman–Crippen LogP) is 1.61. The fourth-order valence-electron chi connectivity index (χ4n) is 2.11. The summed E-state index contributed by atoms with van der Waals surface area (Å²) in [6.45, 7) is 1.75. The van der Waals surface area contributed by atoms with E-state index in [1.807, 2.05) is 24.3 Å². The van der Waals surface area contributed by atoms with Crippen LogP contribution in [0.2, 0.25) is 0 Å². The third-order valence-electron chi connectivity index (χ3n) is 3.02. The van der Waals surface area contributed by atoms with Crippen molar-refractivity contribution in [2.45, 2.75) is 19.3 Å². The smallest absolute Gasteiger partial charge is 0.250 e. The number of rotatable bonds is 3. The molecule has 1 fully saturated rings. The van der Waals surface area contributed by atoms with Crippen LogP contribution in [-0.2, 0) is 4.79 Å². The van der Waals surface area contributed by atoms with E-state index in [-0.39, 0.29) is 5.91 Å². The number of carbonyl (C=O) groups is 1. The van der Waals surface area contributed by atoms with E-state index in [1.165, 1.54) is 24.9 Å². The van der Waals surface area contributed by atoms with Gasteiger partial charge in [-0.05, 0) is 43.5 Å². The maximum Gasteiger partial charge on any atom is 0.250 e. The van der Waals surface area contributed by atoms with Crippen LogP contribution < -0.4 is 10.2 Å². The van der Waals surface area contributed by atoms with Crippen molar-refractivity contribution in [1.29, 1.82) is 0 Å². The molecule has 1 amide bonds. The summed E-state index contributed by atoms with van der Waals surface area (Å²) >= 11 is 0. The Bertz CT molecular complexity index is 370. The number of hydrogen-bond donors (Lipinski definition) is 2. The molecule has 1 saturated heterocycles. The lowest BCUT2D eigenvalue weighted by molar-refractivity contribution is -0.118. The lowest BCUT2D eigenvalue weighted by Gasteiger charge is -2.28. The first kappa shape index (κ1) is 11.9. The second-order valence-electron chi connectivity index (χ2n) is 4.30. The minimum atomic E-state index is -0.478. The van der Waals surface area contributed by atoms with E-state index < -0.39 is 6.61 Å². The number of hydrogen-bond acceptors (Lipinski definition) is 3. The summed E-state index contributed by atoms with van der Waals surface area (Å²) < 4.78 is 0. The summed E-state index contributed by atoms with van der Waals surface area (Å²) in [5, 5.41) is 11.2. The molecule has 2 N–H and O–H groups in total. The number of piperidine rings is 1. The van der Waals surface area contributed by atoms with Crippen LogP contribution in [0.4, 0.5) is 11.4 Å². The van der Waals surface area contributed by atoms with Crippen LogP contribution >= 0.6 is 0 Å². The number of nitrogens with one attached hydrogen (secondary N) is 1. The van der Waals surface area contributed by atoms with Crippen LogP contribution in [0.5, 0.6) is 0 Å². The molecule has 0 spiro atoms. The first-order chi connectivity index (χ1) is 8.29. The Labute approximate surface area is 101 Å². The maximum atomic E-state index is 11.0. The van der Waals surface area contributed by atoms with E-state index in [1.54, 1.807) is 0 Å². The molecule has 2 rings (SSSR count). The van der Waals surface area contributed by atoms with Crippen molar-refractivity contribution in [2.75, 3.05) is 29.9 Å². The van der Waals surface area contributed by atoms with Gasteiger partial charge in [-0.25, -0.2) is 0 Å². The lowest BCUT2D eigenvalue weighted by atomic mass is 10.1. The van der Waals surface area contributed by atoms with E-state index in [4.69, 9.17) is 5.11 Å². The van der Waals surface area contributed by atoms with Crippen molar-refractivity contribution >= 4 is 17.3 Å². The molecule has 17 heavy (non-hydrogen) atoms. The summed E-state index contributed by atoms with van der Waals surface area (Å²) in [6.07, 6.45) is 3.83. The van der Waals surface area contributed by atoms with Crippen molar-refractivity contribution in [2.24, 2.45) is 0 Å². The average molecular weight is 234 g/mol. The molecule has 0 saturated carbocycles. The largest absolute Gasteiger partial charge is 0.387 e. The Morgan fingerprint density at radius 2 is 1.82 bits per heavy atom. The minimum Gasteiger partial charge on any atom is -0.387 e. The van der Waals surface area contributed by atoms with Crippen LogP contribution in [0.1, 0.15) is 19.3 Å². The van der Waals surface area contributed by atoms with Crippen LogP contribution in [0.3, 0.4) is 0 Å². The Morgan fingerprint density at radius 3 is 2.41 bits per heavy atom. The van der Waals surface area contributed by atoms with Gasteiger partial charge in [0, 0.05) is 24.5 Å². The molecule has 1 heterocycles. The second-order valence-corrected chi connectivity index (χ2v) is 4.30. The fraction of sp³-hybridized carbons (Fsp3) is 0.462. The van der Waals surface area contributed by atoms with Crippen molar-refractivity contribution in [3.63, 3.8) is 0 Å². The summed E-state index contributed by atoms with van der Waals surface area (Å²) in [7, 11) is 0. The van der Waals surface area contributed by atoms with Gasteiger partial charge in [0.2, 0.25) is 5.91 Å². The molecule has 0 aliphatic carbocycles. The molecule has 0 radical (unpaired) electrons. The topological polar surface area (TPSA) is 52.6 Å². The molecule has 0 unspecified atom stereocenters. The Kier molecular flexibility index (Phi) is 3.98. The fourth-order valence-corrected chi connectivity index (χ4v) is 2.11. The number of nitrogens with zero attached hydrogens (tertiary/aromatic N) is 1. The van der Waals surface area contributed by atoms with E-state index in [0.29, 0.717) is 0 Å². The van der Waals surface area contributed by atoms with Crippen molar-refractivity contribution in [3.8, 4) is 0 Å². The first-order valence-electron chi connectivity index (χ1n) is 6.05. The van der Waals surface area contributed by atoms with Gasteiger partial charge in [-0.1, -0.05) is 0 Å². The van der Waals surface area contributed by atoms with Crippen molar-refractivity contribution in [3.05, 3.63) is 24.3 Å². The minimum absolute atomic E-state index is 0.379. The highest BCUT2D eigenvalue weighted by molar-refractivity contribution is 5.91. The number of carbonyl (C=O) groups excluding carboxylic acids is 1. The Balaban J connectivity index is 1.99. The van der Waals surface area contributed by atoms with Gasteiger partial charge in [-0.3, -0.25) is 4.79 Å². The molecular formula is C13H18N2O2. The van der Waals surface area contributed by atoms with Crippen LogP contribution in [0.25, 0.3) is 0 Å². The molecule has 1 aliphatic heterocycles. The normalized spacial score (nSPS) is 15.7. The van der Waals surface area contributed by atoms with Crippen LogP contribution in [-0.4, -0.2) is 30.7 Å². The van der Waals surface area contributed by atoms with Gasteiger partial charge in [0.25, 0.3) is 0 Å². The standard InChI is InChI=1S/C13H18N2O2/c16-10-13(17)14-11-4-6-12(7-5-11)15-8-2-1-3-9-15/h4-7,16H,1-3,8-10H2,(H,14,17). The highest BCUT2D eigenvalue weighted by Crippen LogP contribution is 2.21. The molecule has 4 heteroatoms. The second kappa shape index (κ2) is 5.68. The highest BCUT2D eigenvalue weighted by Gasteiger charge is 2.10. The molecule has 1 aromatic carbocycles. The zero-order valence-electron chi connectivity index (χ0n) is 9.85. The van der Waals surface area contributed by atoms with E-state index in [2.05, 4.69) is 10.2 Å². The molecule has 4 nitrogen and oxygen atoms in total. The predicted molar refractivity (Wildman–Crippen MR) is 68.2 cm³/mol. The van der Waals surface area contributed by atoms with Crippen LogP contribution in [0, 0.1) is 0 Å². The quantitative estimate of drug-likeness (QED) is 0.835. The molecule has 1 aliphatic rings. The zero-order valence-corrected chi connectivity index (χ0v) is 9.85. The van der Waals surface area contributed by atoms with Crippen molar-refractivity contribution in [1.82, 2.24) is 0 Å². The van der Waals surface area contributed by atoms with Gasteiger partial charge >= 0.3 is 0 Å². The van der Waals surface area contributed by atoms with Gasteiger partial charge in [0.15, 0.2) is 0 Å². The first-order valence-corrected chi connectivity index (χ1v) is 6.05. The maximum absolute atomic E-state index is 11.0. The third-order valence-corrected chi connectivity index (χ3v) is 3.02. The molecule has 92 valence electrons. The number of aliphatic hydroxyl groups excluding tert-OH is 1. The number of anilines is 2. The van der Waals surface area contributed by atoms with Gasteiger partial charge < -0.3 is 15.3 Å². The molecule has 0 atom stereocenters. The molecule has 0 aromatic heterocycles. The number of benzene rings is 1. The monoisotopic (exact) mass is 234 g/mol. The summed E-state index contributed by atoms with van der Waals surface area (Å²) in [4.78, 5) is 13.4. The molecule has 0 bridgehead atoms. The van der Waals surface area contributed by atoms with E-state index in [9.17, 15) is 4.79 Å². The van der Waals surface area contributed by atoms with Crippen molar-refractivity contribution < 1.29 is 9.90 Å². The Hall–Kier alpha value is -1.55. The number of aliphatic hydroxyl groups is 1. The van der Waals surface area contributed by atoms with E-state index >= 15 is 0 Å².